The normalized spacial score (nSPS) is 10.2. The number of oxime groups is 1. The minimum absolute atomic E-state index is 0.298. The van der Waals surface area contributed by atoms with Gasteiger partial charge in [-0.25, -0.2) is 4.98 Å². The quantitative estimate of drug-likeness (QED) is 0.524. The van der Waals surface area contributed by atoms with Crippen LogP contribution in [0.3, 0.4) is 0 Å². The van der Waals surface area contributed by atoms with Crippen molar-refractivity contribution in [1.29, 1.82) is 0 Å². The van der Waals surface area contributed by atoms with E-state index in [0.717, 1.165) is 5.69 Å². The molecule has 5 nitrogen and oxygen atoms in total. The van der Waals surface area contributed by atoms with E-state index in [9.17, 15) is 0 Å². The van der Waals surface area contributed by atoms with Crippen LogP contribution >= 0.6 is 0 Å². The summed E-state index contributed by atoms with van der Waals surface area (Å²) in [7, 11) is 0. The maximum absolute atomic E-state index is 5.03. The molecular formula is C8H7N3O2. The van der Waals surface area contributed by atoms with E-state index in [2.05, 4.69) is 21.8 Å². The second-order valence-corrected chi connectivity index (χ2v) is 2.38. The fraction of sp³-hybridized carbons (Fsp3) is 0.125. The largest absolute Gasteiger partial charge is 0.442 e. The van der Waals surface area contributed by atoms with Crippen molar-refractivity contribution in [2.75, 3.05) is 0 Å². The minimum atomic E-state index is 0.298. The van der Waals surface area contributed by atoms with Crippen LogP contribution in [0.15, 0.2) is 28.1 Å². The molecule has 0 saturated carbocycles. The summed E-state index contributed by atoms with van der Waals surface area (Å²) in [6.45, 7) is 3.49. The van der Waals surface area contributed by atoms with Gasteiger partial charge in [0.05, 0.1) is 5.69 Å². The second-order valence-electron chi connectivity index (χ2n) is 2.38. The second kappa shape index (κ2) is 3.22. The molecular weight excluding hydrogens is 170 g/mol. The third kappa shape index (κ3) is 1.48. The summed E-state index contributed by atoms with van der Waals surface area (Å²) in [6, 6.07) is 3.58. The maximum atomic E-state index is 5.03. The Morgan fingerprint density at radius 2 is 2.46 bits per heavy atom. The fourth-order valence-electron chi connectivity index (χ4n) is 0.985. The lowest BCUT2D eigenvalue weighted by molar-refractivity contribution is 0.130. The smallest absolute Gasteiger partial charge is 0.198 e. The molecule has 0 unspecified atom stereocenters. The zero-order valence-corrected chi connectivity index (χ0v) is 6.80. The Hall–Kier alpha value is -1.91. The van der Waals surface area contributed by atoms with Crippen LogP contribution in [0.5, 0.6) is 0 Å². The van der Waals surface area contributed by atoms with Crippen molar-refractivity contribution >= 4 is 17.9 Å². The molecule has 0 amide bonds. The Labute approximate surface area is 74.0 Å². The van der Waals surface area contributed by atoms with Crippen molar-refractivity contribution in [3.05, 3.63) is 24.2 Å². The van der Waals surface area contributed by atoms with Crippen molar-refractivity contribution in [2.24, 2.45) is 5.16 Å². The van der Waals surface area contributed by atoms with Crippen molar-refractivity contribution < 1.29 is 9.25 Å². The van der Waals surface area contributed by atoms with Gasteiger partial charge < -0.3 is 9.25 Å². The summed E-state index contributed by atoms with van der Waals surface area (Å²) < 4.78 is 5.03. The van der Waals surface area contributed by atoms with Gasteiger partial charge in [-0.15, -0.1) is 5.16 Å². The van der Waals surface area contributed by atoms with E-state index in [1.807, 2.05) is 0 Å². The van der Waals surface area contributed by atoms with Gasteiger partial charge in [0, 0.05) is 6.72 Å². The molecule has 2 aromatic heterocycles. The Bertz CT molecular complexity index is 424. The highest BCUT2D eigenvalue weighted by Crippen LogP contribution is 2.10. The van der Waals surface area contributed by atoms with Crippen LogP contribution in [-0.4, -0.2) is 16.7 Å². The topological polar surface area (TPSA) is 60.5 Å². The lowest BCUT2D eigenvalue weighted by Gasteiger charge is -1.96. The molecule has 0 spiro atoms. The molecule has 5 heteroatoms. The van der Waals surface area contributed by atoms with Crippen LogP contribution in [0.25, 0.3) is 11.2 Å². The van der Waals surface area contributed by atoms with Crippen LogP contribution in [0.1, 0.15) is 5.69 Å². The standard InChI is InChI=1S/C8H7N3O2/c1-9-13-4-6-2-3-7-8(11-6)10-5-12-7/h2-3,5H,1,4H2. The highest BCUT2D eigenvalue weighted by atomic mass is 16.6. The lowest BCUT2D eigenvalue weighted by atomic mass is 10.3. The van der Waals surface area contributed by atoms with Crippen LogP contribution in [-0.2, 0) is 11.4 Å². The van der Waals surface area contributed by atoms with Gasteiger partial charge in [-0.2, -0.15) is 4.98 Å². The number of aromatic nitrogens is 2. The first-order valence-corrected chi connectivity index (χ1v) is 3.67. The van der Waals surface area contributed by atoms with E-state index < -0.39 is 0 Å². The van der Waals surface area contributed by atoms with Crippen molar-refractivity contribution in [3.8, 4) is 0 Å². The van der Waals surface area contributed by atoms with E-state index in [1.54, 1.807) is 12.1 Å². The predicted octanol–water partition coefficient (Wildman–Crippen LogP) is 1.35. The van der Waals surface area contributed by atoms with E-state index in [0.29, 0.717) is 17.8 Å². The number of pyridine rings is 1. The molecule has 2 rings (SSSR count). The summed E-state index contributed by atoms with van der Waals surface area (Å²) in [6.07, 6.45) is 1.36. The summed E-state index contributed by atoms with van der Waals surface area (Å²) in [5.41, 5.74) is 1.98. The third-order valence-electron chi connectivity index (χ3n) is 1.56. The van der Waals surface area contributed by atoms with Gasteiger partial charge in [0.25, 0.3) is 0 Å². The van der Waals surface area contributed by atoms with E-state index in [1.165, 1.54) is 6.39 Å². The molecule has 0 saturated heterocycles. The van der Waals surface area contributed by atoms with Gasteiger partial charge in [-0.3, -0.25) is 0 Å². The summed E-state index contributed by atoms with van der Waals surface area (Å²) in [4.78, 5) is 12.8. The molecule has 0 atom stereocenters. The molecule has 0 aliphatic carbocycles. The number of oxazole rings is 1. The van der Waals surface area contributed by atoms with Crippen LogP contribution in [0.2, 0.25) is 0 Å². The van der Waals surface area contributed by atoms with Gasteiger partial charge in [0.15, 0.2) is 24.2 Å². The van der Waals surface area contributed by atoms with E-state index >= 15 is 0 Å². The van der Waals surface area contributed by atoms with Gasteiger partial charge in [0.1, 0.15) is 0 Å². The molecule has 0 bridgehead atoms. The Morgan fingerprint density at radius 1 is 1.54 bits per heavy atom. The number of hydrogen-bond acceptors (Lipinski definition) is 5. The maximum Gasteiger partial charge on any atom is 0.198 e. The van der Waals surface area contributed by atoms with Crippen LogP contribution < -0.4 is 0 Å². The Balaban J connectivity index is 2.31. The Kier molecular flexibility index (Phi) is 1.91. The predicted molar refractivity (Wildman–Crippen MR) is 46.1 cm³/mol. The molecule has 66 valence electrons. The van der Waals surface area contributed by atoms with E-state index in [-0.39, 0.29) is 0 Å². The van der Waals surface area contributed by atoms with Crippen LogP contribution in [0, 0.1) is 0 Å². The summed E-state index contributed by atoms with van der Waals surface area (Å²) >= 11 is 0. The zero-order valence-electron chi connectivity index (χ0n) is 6.80. The molecule has 2 heterocycles. The number of nitrogens with zero attached hydrogens (tertiary/aromatic N) is 3. The first-order chi connectivity index (χ1) is 6.40. The monoisotopic (exact) mass is 177 g/mol. The first kappa shape index (κ1) is 7.72. The molecule has 0 N–H and O–H groups in total. The van der Waals surface area contributed by atoms with Gasteiger partial charge in [-0.1, -0.05) is 0 Å². The molecule has 13 heavy (non-hydrogen) atoms. The molecule has 0 fully saturated rings. The number of fused-ring (bicyclic) bond motifs is 1. The van der Waals surface area contributed by atoms with Crippen LogP contribution in [0.4, 0.5) is 0 Å². The molecule has 0 aliphatic rings. The molecule has 0 aliphatic heterocycles. The third-order valence-corrected chi connectivity index (χ3v) is 1.56. The van der Waals surface area contributed by atoms with Gasteiger partial charge >= 0.3 is 0 Å². The SMILES string of the molecule is C=NOCc1ccc2ocnc2n1. The molecule has 2 aromatic rings. The molecule has 0 radical (unpaired) electrons. The van der Waals surface area contributed by atoms with Gasteiger partial charge in [0.2, 0.25) is 0 Å². The highest BCUT2D eigenvalue weighted by molar-refractivity contribution is 5.66. The lowest BCUT2D eigenvalue weighted by Crippen LogP contribution is -1.90. The van der Waals surface area contributed by atoms with E-state index in [4.69, 9.17) is 9.25 Å². The Morgan fingerprint density at radius 3 is 3.31 bits per heavy atom. The molecule has 0 aromatic carbocycles. The van der Waals surface area contributed by atoms with Crippen molar-refractivity contribution in [2.45, 2.75) is 6.61 Å². The fourth-order valence-corrected chi connectivity index (χ4v) is 0.985. The number of hydrogen-bond donors (Lipinski definition) is 0. The number of rotatable bonds is 3. The van der Waals surface area contributed by atoms with Crippen molar-refractivity contribution in [1.82, 2.24) is 9.97 Å². The van der Waals surface area contributed by atoms with Crippen molar-refractivity contribution in [3.63, 3.8) is 0 Å². The highest BCUT2D eigenvalue weighted by Gasteiger charge is 2.01. The first-order valence-electron chi connectivity index (χ1n) is 3.67. The summed E-state index contributed by atoms with van der Waals surface area (Å²) in [5.74, 6) is 0. The zero-order chi connectivity index (χ0) is 9.10. The van der Waals surface area contributed by atoms with Gasteiger partial charge in [-0.05, 0) is 12.1 Å². The minimum Gasteiger partial charge on any atom is -0.442 e. The average Bonchev–Trinajstić information content (AvgIpc) is 2.61. The average molecular weight is 177 g/mol. The summed E-state index contributed by atoms with van der Waals surface area (Å²) in [5, 5.41) is 3.26.